The minimum Gasteiger partial charge on any atom is -0.508 e. The molecule has 2 fully saturated rings. The fraction of sp³-hybridized carbons (Fsp3) is 0.617. The van der Waals surface area contributed by atoms with Gasteiger partial charge in [-0.05, 0) is 43.4 Å². The number of phenolic OH excluding ortho intramolecular Hbond substituents is 1. The Morgan fingerprint density at radius 2 is 1.03 bits per heavy atom. The fourth-order valence-corrected chi connectivity index (χ4v) is 8.44. The van der Waals surface area contributed by atoms with Crippen molar-refractivity contribution in [2.24, 2.45) is 22.9 Å². The summed E-state index contributed by atoms with van der Waals surface area (Å²) < 4.78 is 0. The van der Waals surface area contributed by atoms with Crippen molar-refractivity contribution >= 4 is 70.9 Å². The molecule has 2 aliphatic heterocycles. The molecule has 0 radical (unpaired) electrons. The van der Waals surface area contributed by atoms with Gasteiger partial charge in [0.05, 0.1) is 25.9 Å². The number of phenols is 1. The van der Waals surface area contributed by atoms with Crippen LogP contribution in [0.25, 0.3) is 0 Å². The Labute approximate surface area is 422 Å². The number of amides is 12. The third-order valence-corrected chi connectivity index (χ3v) is 12.3. The summed E-state index contributed by atoms with van der Waals surface area (Å²) in [5.74, 6) is -12.6. The van der Waals surface area contributed by atoms with Crippen LogP contribution in [-0.2, 0) is 64.0 Å². The maximum atomic E-state index is 14.3. The SMILES string of the molecule is CCCCCCCCCCC1CC(=O)NC(CC(N)=O)C(=O)NC(Cc2ccc(O)cc2)C(=O)NC(CC(N)=O)C(=O)NC(CCC(N)=O)C(=O)N2CCCC2C(=O)NC(CC(N)=O)C(=O)NC(CO)C(=O)N1. The summed E-state index contributed by atoms with van der Waals surface area (Å²) in [7, 11) is 0. The van der Waals surface area contributed by atoms with Crippen LogP contribution < -0.4 is 60.2 Å². The average molecular weight is 1030 g/mol. The van der Waals surface area contributed by atoms with Crippen LogP contribution in [0.1, 0.15) is 122 Å². The molecule has 0 aliphatic carbocycles. The number of hydrogen-bond acceptors (Lipinski definition) is 14. The normalized spacial score (nSPS) is 24.2. The van der Waals surface area contributed by atoms with Gasteiger partial charge in [0.1, 0.15) is 48.0 Å². The van der Waals surface area contributed by atoms with Gasteiger partial charge in [-0.1, -0.05) is 70.4 Å². The highest BCUT2D eigenvalue weighted by atomic mass is 16.3. The molecule has 2 saturated heterocycles. The van der Waals surface area contributed by atoms with E-state index < -0.39 is 164 Å². The van der Waals surface area contributed by atoms with Crippen LogP contribution in [0.5, 0.6) is 5.75 Å². The largest absolute Gasteiger partial charge is 0.508 e. The van der Waals surface area contributed by atoms with Crippen molar-refractivity contribution in [3.05, 3.63) is 29.8 Å². The molecule has 73 heavy (non-hydrogen) atoms. The third-order valence-electron chi connectivity index (χ3n) is 12.3. The molecule has 0 spiro atoms. The lowest BCUT2D eigenvalue weighted by Gasteiger charge is -2.31. The topological polar surface area (TPSA) is 437 Å². The number of benzene rings is 1. The highest BCUT2D eigenvalue weighted by Gasteiger charge is 2.41. The van der Waals surface area contributed by atoms with Gasteiger partial charge in [-0.25, -0.2) is 0 Å². The molecule has 0 bridgehead atoms. The van der Waals surface area contributed by atoms with Crippen molar-refractivity contribution in [1.29, 1.82) is 0 Å². The Hall–Kier alpha value is -7.38. The van der Waals surface area contributed by atoms with Gasteiger partial charge in [-0.3, -0.25) is 57.5 Å². The predicted octanol–water partition coefficient (Wildman–Crippen LogP) is -3.86. The van der Waals surface area contributed by atoms with E-state index in [2.05, 4.69) is 44.1 Å². The second kappa shape index (κ2) is 30.5. The third kappa shape index (κ3) is 21.1. The van der Waals surface area contributed by atoms with Crippen LogP contribution in [0.4, 0.5) is 0 Å². The van der Waals surface area contributed by atoms with Gasteiger partial charge in [-0.2, -0.15) is 0 Å². The molecular weight excluding hydrogens is 957 g/mol. The second-order valence-electron chi connectivity index (χ2n) is 18.4. The highest BCUT2D eigenvalue weighted by molar-refractivity contribution is 6.00. The van der Waals surface area contributed by atoms with E-state index in [1.165, 1.54) is 24.3 Å². The minimum absolute atomic E-state index is 0.00323. The zero-order valence-electron chi connectivity index (χ0n) is 41.1. The molecule has 2 heterocycles. The average Bonchev–Trinajstić information content (AvgIpc) is 3.82. The molecule has 12 amide bonds. The van der Waals surface area contributed by atoms with Gasteiger partial charge in [0, 0.05) is 31.8 Å². The number of hydrogen-bond donors (Lipinski definition) is 13. The summed E-state index contributed by atoms with van der Waals surface area (Å²) in [6.45, 7) is 1.01. The minimum atomic E-state index is -1.86. The van der Waals surface area contributed by atoms with Crippen LogP contribution >= 0.6 is 0 Å². The van der Waals surface area contributed by atoms with E-state index >= 15 is 0 Å². The van der Waals surface area contributed by atoms with E-state index in [-0.39, 0.29) is 38.0 Å². The maximum Gasteiger partial charge on any atom is 0.245 e. The maximum absolute atomic E-state index is 14.3. The van der Waals surface area contributed by atoms with Crippen LogP contribution in [0, 0.1) is 0 Å². The number of aliphatic hydroxyl groups excluding tert-OH is 1. The first-order valence-electron chi connectivity index (χ1n) is 24.6. The predicted molar refractivity (Wildman–Crippen MR) is 259 cm³/mol. The first kappa shape index (κ1) is 59.9. The van der Waals surface area contributed by atoms with E-state index in [1.807, 2.05) is 0 Å². The number of carbonyl (C=O) groups excluding carboxylic acids is 12. The zero-order chi connectivity index (χ0) is 54.2. The van der Waals surface area contributed by atoms with E-state index in [9.17, 15) is 67.7 Å². The van der Waals surface area contributed by atoms with E-state index in [0.29, 0.717) is 18.4 Å². The smallest absolute Gasteiger partial charge is 0.245 e. The van der Waals surface area contributed by atoms with Gasteiger partial charge in [0.25, 0.3) is 0 Å². The number of rotatable bonds is 21. The standard InChI is InChI=1S/C47H72N12O14/c1-2-3-4-5-6-7-8-9-11-27-21-40(66)53-31(22-37(49)63)42(68)55-30(20-26-13-15-28(61)16-14-26)41(67)56-32(23-38(50)64)43(69)54-29(17-18-36(48)62)47(73)59-19-10-12-35(59)46(72)57-33(24-39(51)65)44(70)58-34(25-60)45(71)52-27/h13-16,27,29-35,60-61H,2-12,17-25H2,1H3,(H2,48,62)(H2,49,63)(H2,50,64)(H2,51,65)(H,52,71)(H,53,66)(H,54,69)(H,55,68)(H,56,67)(H,57,72)(H,58,70). The van der Waals surface area contributed by atoms with Crippen molar-refractivity contribution in [3.8, 4) is 5.75 Å². The summed E-state index contributed by atoms with van der Waals surface area (Å²) in [5.41, 5.74) is 22.1. The number of nitrogens with two attached hydrogens (primary N) is 4. The van der Waals surface area contributed by atoms with Crippen LogP contribution in [0.3, 0.4) is 0 Å². The van der Waals surface area contributed by atoms with Crippen LogP contribution in [-0.4, -0.2) is 147 Å². The monoisotopic (exact) mass is 1030 g/mol. The van der Waals surface area contributed by atoms with Gasteiger partial charge in [0.15, 0.2) is 0 Å². The Bertz CT molecular complexity index is 2140. The number of aliphatic hydroxyl groups is 1. The molecule has 404 valence electrons. The van der Waals surface area contributed by atoms with Crippen molar-refractivity contribution in [2.45, 2.75) is 171 Å². The van der Waals surface area contributed by atoms with Crippen molar-refractivity contribution in [2.75, 3.05) is 13.2 Å². The first-order chi connectivity index (χ1) is 34.6. The Morgan fingerprint density at radius 3 is 1.56 bits per heavy atom. The number of nitrogens with one attached hydrogen (secondary N) is 7. The number of aromatic hydroxyl groups is 1. The fourth-order valence-electron chi connectivity index (χ4n) is 8.44. The summed E-state index contributed by atoms with van der Waals surface area (Å²) in [4.78, 5) is 162. The summed E-state index contributed by atoms with van der Waals surface area (Å²) in [6, 6.07) is -7.35. The van der Waals surface area contributed by atoms with Crippen LogP contribution in [0.15, 0.2) is 24.3 Å². The van der Waals surface area contributed by atoms with Crippen LogP contribution in [0.2, 0.25) is 0 Å². The van der Waals surface area contributed by atoms with E-state index in [4.69, 9.17) is 22.9 Å². The molecule has 26 heteroatoms. The number of fused-ring (bicyclic) bond motifs is 1. The molecule has 3 rings (SSSR count). The molecule has 1 aromatic carbocycles. The lowest BCUT2D eigenvalue weighted by Crippen LogP contribution is -2.60. The van der Waals surface area contributed by atoms with E-state index in [1.54, 1.807) is 0 Å². The van der Waals surface area contributed by atoms with Crippen molar-refractivity contribution in [1.82, 2.24) is 42.1 Å². The lowest BCUT2D eigenvalue weighted by molar-refractivity contribution is -0.143. The molecular formula is C47H72N12O14. The zero-order valence-corrected chi connectivity index (χ0v) is 41.1. The van der Waals surface area contributed by atoms with Gasteiger partial charge < -0.3 is 75.3 Å². The molecule has 17 N–H and O–H groups in total. The number of nitrogens with zero attached hydrogens (tertiary/aromatic N) is 1. The van der Waals surface area contributed by atoms with Gasteiger partial charge in [0.2, 0.25) is 70.9 Å². The number of unbranched alkanes of at least 4 members (excludes halogenated alkanes) is 7. The Kier molecular flexibility index (Phi) is 25.0. The number of primary amides is 4. The quantitative estimate of drug-likeness (QED) is 0.0525. The van der Waals surface area contributed by atoms with Crippen molar-refractivity contribution < 1.29 is 67.7 Å². The van der Waals surface area contributed by atoms with Gasteiger partial charge >= 0.3 is 0 Å². The molecule has 26 nitrogen and oxygen atoms in total. The molecule has 8 unspecified atom stereocenters. The van der Waals surface area contributed by atoms with E-state index in [0.717, 1.165) is 43.4 Å². The van der Waals surface area contributed by atoms with Gasteiger partial charge in [-0.15, -0.1) is 0 Å². The molecule has 8 atom stereocenters. The number of carbonyl (C=O) groups is 12. The summed E-state index contributed by atoms with van der Waals surface area (Å²) in [5, 5.41) is 37.2. The summed E-state index contributed by atoms with van der Waals surface area (Å²) in [6.07, 6.45) is 3.35. The van der Waals surface area contributed by atoms with Crippen molar-refractivity contribution in [3.63, 3.8) is 0 Å². The first-order valence-corrected chi connectivity index (χ1v) is 24.6. The molecule has 1 aromatic rings. The molecule has 2 aliphatic rings. The second-order valence-corrected chi connectivity index (χ2v) is 18.4. The highest BCUT2D eigenvalue weighted by Crippen LogP contribution is 2.21. The molecule has 0 aromatic heterocycles. The summed E-state index contributed by atoms with van der Waals surface area (Å²) >= 11 is 0. The molecule has 0 saturated carbocycles. The lowest BCUT2D eigenvalue weighted by atomic mass is 10.0. The Morgan fingerprint density at radius 1 is 0.562 bits per heavy atom. The Balaban J connectivity index is 2.14.